The van der Waals surface area contributed by atoms with Crippen LogP contribution in [0.5, 0.6) is 0 Å². The Morgan fingerprint density at radius 1 is 1.30 bits per heavy atom. The largest absolute Gasteiger partial charge is 0.363 e. The molecular formula is C14H13ClN4O. The fourth-order valence-electron chi connectivity index (χ4n) is 2.33. The van der Waals surface area contributed by atoms with Gasteiger partial charge in [0, 0.05) is 35.7 Å². The first-order valence-corrected chi connectivity index (χ1v) is 6.70. The molecule has 0 radical (unpaired) electrons. The molecule has 20 heavy (non-hydrogen) atoms. The number of hydrogen-bond acceptors (Lipinski definition) is 4. The third kappa shape index (κ3) is 2.26. The van der Waals surface area contributed by atoms with Crippen LogP contribution in [0.2, 0.25) is 5.02 Å². The average Bonchev–Trinajstić information content (AvgIpc) is 2.46. The molecule has 0 fully saturated rings. The van der Waals surface area contributed by atoms with Gasteiger partial charge in [-0.2, -0.15) is 0 Å². The number of fused-ring (bicyclic) bond motifs is 1. The van der Waals surface area contributed by atoms with Gasteiger partial charge >= 0.3 is 0 Å². The number of carbonyl (C=O) groups is 1. The molecule has 1 aromatic carbocycles. The Morgan fingerprint density at radius 2 is 2.10 bits per heavy atom. The monoisotopic (exact) mass is 288 g/mol. The molecule has 1 amide bonds. The Hall–Kier alpha value is -1.98. The summed E-state index contributed by atoms with van der Waals surface area (Å²) in [5.74, 6) is -0.583. The average molecular weight is 289 g/mol. The lowest BCUT2D eigenvalue weighted by molar-refractivity contribution is 0.0990. The van der Waals surface area contributed by atoms with E-state index >= 15 is 0 Å². The molecule has 0 aliphatic carbocycles. The molecule has 6 heteroatoms. The van der Waals surface area contributed by atoms with E-state index in [2.05, 4.69) is 15.3 Å². The summed E-state index contributed by atoms with van der Waals surface area (Å²) in [7, 11) is 0. The lowest BCUT2D eigenvalue weighted by atomic mass is 10.00. The fraction of sp³-hybridized carbons (Fsp3) is 0.214. The molecule has 0 saturated carbocycles. The minimum Gasteiger partial charge on any atom is -0.363 e. The number of benzene rings is 1. The minimum absolute atomic E-state index is 0.0422. The van der Waals surface area contributed by atoms with E-state index in [1.165, 1.54) is 0 Å². The summed E-state index contributed by atoms with van der Waals surface area (Å²) in [6.07, 6.45) is 0.746. The van der Waals surface area contributed by atoms with Crippen LogP contribution < -0.4 is 11.1 Å². The smallest absolute Gasteiger partial charge is 0.286 e. The van der Waals surface area contributed by atoms with E-state index in [9.17, 15) is 4.79 Å². The Bertz CT molecular complexity index is 687. The first-order valence-electron chi connectivity index (χ1n) is 6.32. The van der Waals surface area contributed by atoms with Crippen molar-refractivity contribution in [2.75, 3.05) is 6.54 Å². The van der Waals surface area contributed by atoms with E-state index in [-0.39, 0.29) is 5.82 Å². The van der Waals surface area contributed by atoms with Crippen LogP contribution in [-0.2, 0) is 13.0 Å². The third-order valence-corrected chi connectivity index (χ3v) is 3.61. The Kier molecular flexibility index (Phi) is 3.38. The maximum atomic E-state index is 11.4. The van der Waals surface area contributed by atoms with Gasteiger partial charge in [0.05, 0.1) is 11.4 Å². The van der Waals surface area contributed by atoms with Crippen LogP contribution in [-0.4, -0.2) is 22.4 Å². The Balaban J connectivity index is 2.25. The van der Waals surface area contributed by atoms with E-state index in [0.29, 0.717) is 17.3 Å². The maximum absolute atomic E-state index is 11.4. The number of carbonyl (C=O) groups excluding carboxylic acids is 1. The maximum Gasteiger partial charge on any atom is 0.286 e. The molecule has 0 saturated heterocycles. The molecule has 0 spiro atoms. The molecule has 2 heterocycles. The zero-order chi connectivity index (χ0) is 14.1. The standard InChI is InChI=1S/C14H13ClN4O/c15-10-4-2-1-3-8(10)12-9-7-17-6-5-11(9)18-14(19-12)13(16)20/h1-4,17H,5-7H2,(H2,16,20). The second-order valence-electron chi connectivity index (χ2n) is 4.59. The summed E-state index contributed by atoms with van der Waals surface area (Å²) in [5.41, 5.74) is 8.64. The van der Waals surface area contributed by atoms with Gasteiger partial charge in [-0.15, -0.1) is 0 Å². The van der Waals surface area contributed by atoms with E-state index in [4.69, 9.17) is 17.3 Å². The molecule has 3 rings (SSSR count). The predicted octanol–water partition coefficient (Wildman–Crippen LogP) is 1.54. The number of nitrogens with two attached hydrogens (primary N) is 1. The van der Waals surface area contributed by atoms with E-state index in [0.717, 1.165) is 29.8 Å². The van der Waals surface area contributed by atoms with E-state index in [1.54, 1.807) is 6.07 Å². The lowest BCUT2D eigenvalue weighted by Gasteiger charge is -2.20. The second-order valence-corrected chi connectivity index (χ2v) is 5.00. The highest BCUT2D eigenvalue weighted by molar-refractivity contribution is 6.33. The summed E-state index contributed by atoms with van der Waals surface area (Å²) in [4.78, 5) is 20.0. The number of nitrogens with one attached hydrogen (secondary N) is 1. The summed E-state index contributed by atoms with van der Waals surface area (Å²) in [6.45, 7) is 1.49. The van der Waals surface area contributed by atoms with Crippen molar-refractivity contribution in [1.82, 2.24) is 15.3 Å². The van der Waals surface area contributed by atoms with Gasteiger partial charge in [-0.1, -0.05) is 29.8 Å². The van der Waals surface area contributed by atoms with Gasteiger partial charge in [0.15, 0.2) is 0 Å². The lowest BCUT2D eigenvalue weighted by Crippen LogP contribution is -2.28. The molecule has 102 valence electrons. The van der Waals surface area contributed by atoms with Crippen LogP contribution in [0, 0.1) is 0 Å². The second kappa shape index (κ2) is 5.19. The normalized spacial score (nSPS) is 13.8. The number of halogens is 1. The van der Waals surface area contributed by atoms with Gasteiger partial charge in [-0.3, -0.25) is 4.79 Å². The molecule has 1 aliphatic heterocycles. The zero-order valence-corrected chi connectivity index (χ0v) is 11.4. The van der Waals surface area contributed by atoms with Crippen molar-refractivity contribution in [3.05, 3.63) is 46.4 Å². The summed E-state index contributed by atoms with van der Waals surface area (Å²) in [6, 6.07) is 7.42. The van der Waals surface area contributed by atoms with E-state index < -0.39 is 5.91 Å². The summed E-state index contributed by atoms with van der Waals surface area (Å²) < 4.78 is 0. The summed E-state index contributed by atoms with van der Waals surface area (Å²) in [5, 5.41) is 3.87. The van der Waals surface area contributed by atoms with Crippen molar-refractivity contribution in [2.24, 2.45) is 5.73 Å². The zero-order valence-electron chi connectivity index (χ0n) is 10.7. The molecule has 0 atom stereocenters. The van der Waals surface area contributed by atoms with E-state index in [1.807, 2.05) is 18.2 Å². The number of amides is 1. The third-order valence-electron chi connectivity index (χ3n) is 3.28. The van der Waals surface area contributed by atoms with Crippen LogP contribution in [0.3, 0.4) is 0 Å². The highest BCUT2D eigenvalue weighted by atomic mass is 35.5. The predicted molar refractivity (Wildman–Crippen MR) is 76.4 cm³/mol. The van der Waals surface area contributed by atoms with Crippen LogP contribution in [0.25, 0.3) is 11.3 Å². The summed E-state index contributed by atoms with van der Waals surface area (Å²) >= 11 is 6.24. The topological polar surface area (TPSA) is 80.9 Å². The molecule has 1 aromatic heterocycles. The van der Waals surface area contributed by atoms with Crippen molar-refractivity contribution in [3.8, 4) is 11.3 Å². The quantitative estimate of drug-likeness (QED) is 0.878. The Morgan fingerprint density at radius 3 is 2.85 bits per heavy atom. The van der Waals surface area contributed by atoms with Crippen LogP contribution >= 0.6 is 11.6 Å². The molecule has 0 bridgehead atoms. The van der Waals surface area contributed by atoms with Crippen molar-refractivity contribution >= 4 is 17.5 Å². The van der Waals surface area contributed by atoms with Crippen molar-refractivity contribution in [1.29, 1.82) is 0 Å². The highest BCUT2D eigenvalue weighted by Crippen LogP contribution is 2.31. The molecule has 2 aromatic rings. The van der Waals surface area contributed by atoms with Gasteiger partial charge < -0.3 is 11.1 Å². The number of hydrogen-bond donors (Lipinski definition) is 2. The minimum atomic E-state index is -0.625. The molecular weight excluding hydrogens is 276 g/mol. The molecule has 0 unspecified atom stereocenters. The number of primary amides is 1. The van der Waals surface area contributed by atoms with Gasteiger partial charge in [-0.05, 0) is 6.07 Å². The van der Waals surface area contributed by atoms with Gasteiger partial charge in [0.25, 0.3) is 5.91 Å². The molecule has 5 nitrogen and oxygen atoms in total. The van der Waals surface area contributed by atoms with Crippen molar-refractivity contribution in [2.45, 2.75) is 13.0 Å². The van der Waals surface area contributed by atoms with Crippen LogP contribution in [0.4, 0.5) is 0 Å². The first-order chi connectivity index (χ1) is 9.66. The van der Waals surface area contributed by atoms with Crippen molar-refractivity contribution < 1.29 is 4.79 Å². The highest BCUT2D eigenvalue weighted by Gasteiger charge is 2.21. The molecule has 3 N–H and O–H groups in total. The molecule has 1 aliphatic rings. The van der Waals surface area contributed by atoms with Crippen LogP contribution in [0.15, 0.2) is 24.3 Å². The number of aromatic nitrogens is 2. The SMILES string of the molecule is NC(=O)c1nc2c(c(-c3ccccc3Cl)n1)CNCC2. The van der Waals surface area contributed by atoms with Crippen molar-refractivity contribution in [3.63, 3.8) is 0 Å². The Labute approximate surface area is 121 Å². The van der Waals surface area contributed by atoms with Crippen LogP contribution in [0.1, 0.15) is 21.9 Å². The van der Waals surface area contributed by atoms with Gasteiger partial charge in [0.1, 0.15) is 0 Å². The van der Waals surface area contributed by atoms with Gasteiger partial charge in [-0.25, -0.2) is 9.97 Å². The fourth-order valence-corrected chi connectivity index (χ4v) is 2.55. The number of nitrogens with zero attached hydrogens (tertiary/aromatic N) is 2. The first kappa shape index (κ1) is 13.0. The number of rotatable bonds is 2. The van der Waals surface area contributed by atoms with Gasteiger partial charge in [0.2, 0.25) is 5.82 Å².